The van der Waals surface area contributed by atoms with Gasteiger partial charge in [0.25, 0.3) is 0 Å². The van der Waals surface area contributed by atoms with Gasteiger partial charge in [-0.1, -0.05) is 0 Å². The predicted octanol–water partition coefficient (Wildman–Crippen LogP) is 1.67. The van der Waals surface area contributed by atoms with E-state index in [1.54, 1.807) is 14.2 Å². The third-order valence-corrected chi connectivity index (χ3v) is 3.85. The molecule has 106 valence electrons. The van der Waals surface area contributed by atoms with Crippen molar-refractivity contribution in [2.75, 3.05) is 27.3 Å². The molecule has 1 aromatic carbocycles. The van der Waals surface area contributed by atoms with Crippen LogP contribution in [0.2, 0.25) is 0 Å². The molecule has 1 fully saturated rings. The fourth-order valence-electron chi connectivity index (χ4n) is 2.68. The summed E-state index contributed by atoms with van der Waals surface area (Å²) in [7, 11) is 3.33. The molecule has 4 nitrogen and oxygen atoms in total. The summed E-state index contributed by atoms with van der Waals surface area (Å²) in [5.41, 5.74) is 1.41. The molecule has 1 heterocycles. The van der Waals surface area contributed by atoms with Gasteiger partial charge in [-0.05, 0) is 50.6 Å². The van der Waals surface area contributed by atoms with Crippen LogP contribution in [0, 0.1) is 6.92 Å². The summed E-state index contributed by atoms with van der Waals surface area (Å²) < 4.78 is 10.8. The fourth-order valence-corrected chi connectivity index (χ4v) is 2.68. The zero-order valence-corrected chi connectivity index (χ0v) is 12.0. The Balaban J connectivity index is 2.27. The Morgan fingerprint density at radius 1 is 1.16 bits per heavy atom. The average molecular weight is 265 g/mol. The molecule has 0 radical (unpaired) electrons. The van der Waals surface area contributed by atoms with Crippen LogP contribution in [0.25, 0.3) is 0 Å². The number of hydrogen-bond donors (Lipinski definition) is 2. The van der Waals surface area contributed by atoms with Gasteiger partial charge in [0.05, 0.1) is 19.8 Å². The Labute approximate surface area is 114 Å². The van der Waals surface area contributed by atoms with Crippen molar-refractivity contribution < 1.29 is 14.6 Å². The Morgan fingerprint density at radius 2 is 1.79 bits per heavy atom. The van der Waals surface area contributed by atoms with E-state index in [9.17, 15) is 5.11 Å². The molecule has 0 unspecified atom stereocenters. The summed E-state index contributed by atoms with van der Waals surface area (Å²) in [5.74, 6) is 1.67. The minimum Gasteiger partial charge on any atom is -0.496 e. The van der Waals surface area contributed by atoms with Crippen molar-refractivity contribution in [1.29, 1.82) is 0 Å². The smallest absolute Gasteiger partial charge is 0.122 e. The predicted molar refractivity (Wildman–Crippen MR) is 75.0 cm³/mol. The van der Waals surface area contributed by atoms with Gasteiger partial charge in [0.15, 0.2) is 0 Å². The highest BCUT2D eigenvalue weighted by molar-refractivity contribution is 5.46. The highest BCUT2D eigenvalue weighted by Crippen LogP contribution is 2.33. The van der Waals surface area contributed by atoms with Crippen LogP contribution in [-0.2, 0) is 6.42 Å². The van der Waals surface area contributed by atoms with E-state index in [1.165, 1.54) is 0 Å². The number of rotatable bonds is 4. The van der Waals surface area contributed by atoms with E-state index in [0.717, 1.165) is 48.6 Å². The molecule has 0 spiro atoms. The van der Waals surface area contributed by atoms with Crippen molar-refractivity contribution in [3.8, 4) is 11.5 Å². The Hall–Kier alpha value is -1.26. The molecule has 2 rings (SSSR count). The maximum atomic E-state index is 10.6. The van der Waals surface area contributed by atoms with Crippen LogP contribution in [0.3, 0.4) is 0 Å². The van der Waals surface area contributed by atoms with Gasteiger partial charge in [-0.15, -0.1) is 0 Å². The van der Waals surface area contributed by atoms with E-state index in [0.29, 0.717) is 6.42 Å². The zero-order valence-electron chi connectivity index (χ0n) is 12.0. The number of ether oxygens (including phenoxy) is 2. The maximum Gasteiger partial charge on any atom is 0.122 e. The summed E-state index contributed by atoms with van der Waals surface area (Å²) in [4.78, 5) is 0. The van der Waals surface area contributed by atoms with Gasteiger partial charge < -0.3 is 19.9 Å². The van der Waals surface area contributed by atoms with E-state index in [-0.39, 0.29) is 0 Å². The molecule has 1 saturated heterocycles. The summed E-state index contributed by atoms with van der Waals surface area (Å²) >= 11 is 0. The standard InChI is InChI=1S/C15H23NO3/c1-11-8-14(19-3)12(9-13(11)18-2)10-15(17)4-6-16-7-5-15/h8-9,16-17H,4-7,10H2,1-3H3. The fraction of sp³-hybridized carbons (Fsp3) is 0.600. The van der Waals surface area contributed by atoms with E-state index in [1.807, 2.05) is 19.1 Å². The number of aliphatic hydroxyl groups is 1. The lowest BCUT2D eigenvalue weighted by molar-refractivity contribution is 0.0104. The quantitative estimate of drug-likeness (QED) is 0.869. The first-order valence-electron chi connectivity index (χ1n) is 6.72. The van der Waals surface area contributed by atoms with Crippen molar-refractivity contribution in [3.63, 3.8) is 0 Å². The number of nitrogens with one attached hydrogen (secondary N) is 1. The number of benzene rings is 1. The normalized spacial score (nSPS) is 18.1. The van der Waals surface area contributed by atoms with Crippen LogP contribution in [0.5, 0.6) is 11.5 Å². The summed E-state index contributed by atoms with van der Waals surface area (Å²) in [6, 6.07) is 3.95. The van der Waals surface area contributed by atoms with Gasteiger partial charge >= 0.3 is 0 Å². The molecule has 2 N–H and O–H groups in total. The van der Waals surface area contributed by atoms with Gasteiger partial charge in [-0.2, -0.15) is 0 Å². The first-order chi connectivity index (χ1) is 9.08. The van der Waals surface area contributed by atoms with Crippen LogP contribution in [0.15, 0.2) is 12.1 Å². The van der Waals surface area contributed by atoms with E-state index in [2.05, 4.69) is 5.32 Å². The zero-order chi connectivity index (χ0) is 13.9. The largest absolute Gasteiger partial charge is 0.496 e. The van der Waals surface area contributed by atoms with Crippen molar-refractivity contribution in [2.45, 2.75) is 31.8 Å². The number of hydrogen-bond acceptors (Lipinski definition) is 4. The molecule has 0 aromatic heterocycles. The maximum absolute atomic E-state index is 10.6. The lowest BCUT2D eigenvalue weighted by Gasteiger charge is -2.33. The summed E-state index contributed by atoms with van der Waals surface area (Å²) in [5, 5.41) is 13.9. The molecule has 1 aliphatic rings. The van der Waals surface area contributed by atoms with Crippen LogP contribution in [0.4, 0.5) is 0 Å². The van der Waals surface area contributed by atoms with Crippen LogP contribution < -0.4 is 14.8 Å². The van der Waals surface area contributed by atoms with E-state index >= 15 is 0 Å². The molecule has 0 aliphatic carbocycles. The van der Waals surface area contributed by atoms with Crippen LogP contribution in [-0.4, -0.2) is 38.0 Å². The monoisotopic (exact) mass is 265 g/mol. The van der Waals surface area contributed by atoms with Gasteiger partial charge in [0.2, 0.25) is 0 Å². The molecule has 4 heteroatoms. The molecular formula is C15H23NO3. The first kappa shape index (κ1) is 14.2. The molecule has 19 heavy (non-hydrogen) atoms. The molecule has 0 saturated carbocycles. The summed E-state index contributed by atoms with van der Waals surface area (Å²) in [6.45, 7) is 3.72. The van der Waals surface area contributed by atoms with Crippen molar-refractivity contribution >= 4 is 0 Å². The lowest BCUT2D eigenvalue weighted by Crippen LogP contribution is -2.43. The minimum absolute atomic E-state index is 0.606. The van der Waals surface area contributed by atoms with Gasteiger partial charge in [0.1, 0.15) is 11.5 Å². The van der Waals surface area contributed by atoms with Crippen LogP contribution in [0.1, 0.15) is 24.0 Å². The lowest BCUT2D eigenvalue weighted by atomic mass is 9.85. The Kier molecular flexibility index (Phi) is 4.32. The average Bonchev–Trinajstić information content (AvgIpc) is 2.40. The van der Waals surface area contributed by atoms with Crippen molar-refractivity contribution in [1.82, 2.24) is 5.32 Å². The molecule has 0 amide bonds. The number of piperidine rings is 1. The van der Waals surface area contributed by atoms with Gasteiger partial charge in [-0.25, -0.2) is 0 Å². The van der Waals surface area contributed by atoms with Gasteiger partial charge in [0, 0.05) is 12.0 Å². The van der Waals surface area contributed by atoms with E-state index in [4.69, 9.17) is 9.47 Å². The highest BCUT2D eigenvalue weighted by Gasteiger charge is 2.30. The molecule has 1 aliphatic heterocycles. The number of methoxy groups -OCH3 is 2. The second kappa shape index (κ2) is 5.80. The molecule has 0 atom stereocenters. The first-order valence-corrected chi connectivity index (χ1v) is 6.72. The van der Waals surface area contributed by atoms with Crippen molar-refractivity contribution in [3.05, 3.63) is 23.3 Å². The Bertz CT molecular complexity index is 439. The van der Waals surface area contributed by atoms with Crippen LogP contribution >= 0.6 is 0 Å². The minimum atomic E-state index is -0.640. The van der Waals surface area contributed by atoms with E-state index < -0.39 is 5.60 Å². The molecule has 0 bridgehead atoms. The number of aryl methyl sites for hydroxylation is 1. The SMILES string of the molecule is COc1cc(CC2(O)CCNCC2)c(OC)cc1C. The molecule has 1 aromatic rings. The van der Waals surface area contributed by atoms with Crippen molar-refractivity contribution in [2.24, 2.45) is 0 Å². The highest BCUT2D eigenvalue weighted by atomic mass is 16.5. The second-order valence-corrected chi connectivity index (χ2v) is 5.28. The topological polar surface area (TPSA) is 50.7 Å². The Morgan fingerprint density at radius 3 is 2.37 bits per heavy atom. The van der Waals surface area contributed by atoms with Gasteiger partial charge in [-0.3, -0.25) is 0 Å². The third-order valence-electron chi connectivity index (χ3n) is 3.85. The second-order valence-electron chi connectivity index (χ2n) is 5.28. The summed E-state index contributed by atoms with van der Waals surface area (Å²) in [6.07, 6.45) is 2.15. The third kappa shape index (κ3) is 3.19. The molecular weight excluding hydrogens is 242 g/mol.